The molecule has 0 atom stereocenters. The highest BCUT2D eigenvalue weighted by atomic mass is 16.2. The molecule has 0 spiro atoms. The summed E-state index contributed by atoms with van der Waals surface area (Å²) in [6, 6.07) is 0.104. The normalized spacial score (nSPS) is 15.4. The summed E-state index contributed by atoms with van der Waals surface area (Å²) >= 11 is 0. The monoisotopic (exact) mass is 280 g/mol. The summed E-state index contributed by atoms with van der Waals surface area (Å²) in [7, 11) is 0. The van der Waals surface area contributed by atoms with Crippen LogP contribution in [0.4, 0.5) is 0 Å². The first-order chi connectivity index (χ1) is 9.60. The molecule has 4 N–H and O–H groups in total. The average Bonchev–Trinajstić information content (AvgIpc) is 3.06. The van der Waals surface area contributed by atoms with E-state index in [2.05, 4.69) is 10.3 Å². The highest BCUT2D eigenvalue weighted by Gasteiger charge is 2.28. The van der Waals surface area contributed by atoms with E-state index >= 15 is 0 Å². The lowest BCUT2D eigenvalue weighted by atomic mass is 10.2. The molecule has 0 aliphatic heterocycles. The fourth-order valence-electron chi connectivity index (χ4n) is 2.54. The van der Waals surface area contributed by atoms with Crippen molar-refractivity contribution in [2.24, 2.45) is 11.5 Å². The maximum atomic E-state index is 12.3. The van der Waals surface area contributed by atoms with Gasteiger partial charge in [-0.25, -0.2) is 4.68 Å². The Labute approximate surface area is 117 Å². The van der Waals surface area contributed by atoms with Gasteiger partial charge in [-0.05, 0) is 12.8 Å². The van der Waals surface area contributed by atoms with E-state index in [1.165, 1.54) is 4.68 Å². The predicted octanol–water partition coefficient (Wildman–Crippen LogP) is -1.01. The maximum absolute atomic E-state index is 12.3. The first-order valence-electron chi connectivity index (χ1n) is 6.77. The lowest BCUT2D eigenvalue weighted by Crippen LogP contribution is -2.45. The number of carbonyl (C=O) groups excluding carboxylic acids is 2. The second-order valence-corrected chi connectivity index (χ2v) is 5.04. The van der Waals surface area contributed by atoms with E-state index in [1.54, 1.807) is 11.1 Å². The van der Waals surface area contributed by atoms with Gasteiger partial charge in [0, 0.05) is 12.6 Å². The van der Waals surface area contributed by atoms with Gasteiger partial charge < -0.3 is 16.4 Å². The summed E-state index contributed by atoms with van der Waals surface area (Å²) in [6.45, 7) is 0.292. The third kappa shape index (κ3) is 3.53. The minimum absolute atomic E-state index is 0.0397. The Bertz CT molecular complexity index is 480. The van der Waals surface area contributed by atoms with E-state index in [0.29, 0.717) is 5.69 Å². The molecule has 0 aromatic carbocycles. The van der Waals surface area contributed by atoms with Gasteiger partial charge in [0.1, 0.15) is 6.54 Å². The van der Waals surface area contributed by atoms with Crippen LogP contribution in [0.5, 0.6) is 0 Å². The molecule has 0 unspecified atom stereocenters. The van der Waals surface area contributed by atoms with Gasteiger partial charge in [0.15, 0.2) is 0 Å². The number of hydrogen-bond donors (Lipinski definition) is 2. The molecule has 1 heterocycles. The maximum Gasteiger partial charge on any atom is 0.245 e. The Balaban J connectivity index is 2.03. The highest BCUT2D eigenvalue weighted by molar-refractivity contribution is 5.84. The van der Waals surface area contributed by atoms with Crippen molar-refractivity contribution in [3.8, 4) is 0 Å². The average molecular weight is 280 g/mol. The molecule has 0 saturated heterocycles. The van der Waals surface area contributed by atoms with Gasteiger partial charge in [-0.15, -0.1) is 5.10 Å². The van der Waals surface area contributed by atoms with Crippen molar-refractivity contribution in [3.05, 3.63) is 11.9 Å². The van der Waals surface area contributed by atoms with Crippen LogP contribution in [-0.2, 0) is 22.7 Å². The Morgan fingerprint density at radius 3 is 2.65 bits per heavy atom. The van der Waals surface area contributed by atoms with E-state index in [4.69, 9.17) is 11.5 Å². The zero-order chi connectivity index (χ0) is 14.5. The van der Waals surface area contributed by atoms with Crippen LogP contribution in [0.2, 0.25) is 0 Å². The van der Waals surface area contributed by atoms with E-state index in [0.717, 1.165) is 25.7 Å². The number of hydrogen-bond acceptors (Lipinski definition) is 5. The fraction of sp³-hybridized carbons (Fsp3) is 0.667. The van der Waals surface area contributed by atoms with Crippen molar-refractivity contribution < 1.29 is 9.59 Å². The predicted molar refractivity (Wildman–Crippen MR) is 71.1 cm³/mol. The molecule has 1 saturated carbocycles. The van der Waals surface area contributed by atoms with E-state index in [1.807, 2.05) is 0 Å². The Morgan fingerprint density at radius 1 is 1.40 bits per heavy atom. The van der Waals surface area contributed by atoms with Gasteiger partial charge in [-0.3, -0.25) is 9.59 Å². The molecule has 8 heteroatoms. The Morgan fingerprint density at radius 2 is 2.10 bits per heavy atom. The topological polar surface area (TPSA) is 120 Å². The molecular formula is C12H20N6O2. The number of nitrogens with two attached hydrogens (primary N) is 2. The summed E-state index contributed by atoms with van der Waals surface area (Å²) in [5.74, 6) is -0.657. The number of amides is 2. The summed E-state index contributed by atoms with van der Waals surface area (Å²) < 4.78 is 1.44. The van der Waals surface area contributed by atoms with E-state index in [9.17, 15) is 9.59 Å². The SMILES string of the molecule is NCc1cn(CC(=O)N(CC(N)=O)C2CCCC2)nn1. The second-order valence-electron chi connectivity index (χ2n) is 5.04. The third-order valence-corrected chi connectivity index (χ3v) is 3.50. The van der Waals surface area contributed by atoms with Gasteiger partial charge in [-0.2, -0.15) is 0 Å². The van der Waals surface area contributed by atoms with Crippen LogP contribution in [0.15, 0.2) is 6.20 Å². The van der Waals surface area contributed by atoms with Gasteiger partial charge in [0.05, 0.1) is 18.4 Å². The first kappa shape index (κ1) is 14.4. The Kier molecular flexibility index (Phi) is 4.67. The van der Waals surface area contributed by atoms with E-state index < -0.39 is 5.91 Å². The summed E-state index contributed by atoms with van der Waals surface area (Å²) in [4.78, 5) is 25.1. The second kappa shape index (κ2) is 6.47. The zero-order valence-electron chi connectivity index (χ0n) is 11.4. The summed E-state index contributed by atoms with van der Waals surface area (Å²) in [5.41, 5.74) is 11.3. The molecule has 0 bridgehead atoms. The molecule has 1 fully saturated rings. The molecule has 1 aromatic heterocycles. The number of nitrogens with zero attached hydrogens (tertiary/aromatic N) is 4. The van der Waals surface area contributed by atoms with E-state index in [-0.39, 0.29) is 31.6 Å². The van der Waals surface area contributed by atoms with Crippen molar-refractivity contribution in [2.45, 2.75) is 44.8 Å². The molecular weight excluding hydrogens is 260 g/mol. The van der Waals surface area contributed by atoms with Crippen LogP contribution in [0.25, 0.3) is 0 Å². The number of carbonyl (C=O) groups is 2. The first-order valence-corrected chi connectivity index (χ1v) is 6.77. The van der Waals surface area contributed by atoms with Crippen LogP contribution in [0.1, 0.15) is 31.4 Å². The van der Waals surface area contributed by atoms with Crippen LogP contribution in [0, 0.1) is 0 Å². The fourth-order valence-corrected chi connectivity index (χ4v) is 2.54. The molecule has 110 valence electrons. The van der Waals surface area contributed by atoms with Crippen LogP contribution in [0.3, 0.4) is 0 Å². The molecule has 1 aliphatic rings. The molecule has 20 heavy (non-hydrogen) atoms. The van der Waals surface area contributed by atoms with Crippen molar-refractivity contribution in [1.29, 1.82) is 0 Å². The van der Waals surface area contributed by atoms with Crippen molar-refractivity contribution in [2.75, 3.05) is 6.54 Å². The molecule has 0 radical (unpaired) electrons. The van der Waals surface area contributed by atoms with Crippen molar-refractivity contribution >= 4 is 11.8 Å². The minimum Gasteiger partial charge on any atom is -0.368 e. The molecule has 2 amide bonds. The standard InChI is InChI=1S/C12H20N6O2/c13-5-9-6-17(16-15-9)8-12(20)18(7-11(14)19)10-3-1-2-4-10/h6,10H,1-5,7-8,13H2,(H2,14,19). The summed E-state index contributed by atoms with van der Waals surface area (Å²) in [6.07, 6.45) is 5.63. The molecule has 2 rings (SSSR count). The minimum atomic E-state index is -0.494. The van der Waals surface area contributed by atoms with Crippen molar-refractivity contribution in [1.82, 2.24) is 19.9 Å². The van der Waals surface area contributed by atoms with Gasteiger partial charge in [0.25, 0.3) is 0 Å². The quantitative estimate of drug-likeness (QED) is 0.692. The number of aromatic nitrogens is 3. The van der Waals surface area contributed by atoms with Gasteiger partial charge >= 0.3 is 0 Å². The Hall–Kier alpha value is -1.96. The smallest absolute Gasteiger partial charge is 0.245 e. The third-order valence-electron chi connectivity index (χ3n) is 3.50. The molecule has 8 nitrogen and oxygen atoms in total. The largest absolute Gasteiger partial charge is 0.368 e. The van der Waals surface area contributed by atoms with Gasteiger partial charge in [0.2, 0.25) is 11.8 Å². The summed E-state index contributed by atoms with van der Waals surface area (Å²) in [5, 5.41) is 7.67. The lowest BCUT2D eigenvalue weighted by molar-refractivity contribution is -0.138. The molecule has 1 aromatic rings. The van der Waals surface area contributed by atoms with Crippen molar-refractivity contribution in [3.63, 3.8) is 0 Å². The zero-order valence-corrected chi connectivity index (χ0v) is 11.4. The number of primary amides is 1. The van der Waals surface area contributed by atoms with Crippen LogP contribution < -0.4 is 11.5 Å². The van der Waals surface area contributed by atoms with Crippen LogP contribution in [-0.4, -0.2) is 44.3 Å². The van der Waals surface area contributed by atoms with Crippen LogP contribution >= 0.6 is 0 Å². The highest BCUT2D eigenvalue weighted by Crippen LogP contribution is 2.23. The molecule has 1 aliphatic carbocycles. The number of rotatable bonds is 6. The van der Waals surface area contributed by atoms with Gasteiger partial charge in [-0.1, -0.05) is 18.1 Å². The lowest BCUT2D eigenvalue weighted by Gasteiger charge is -2.27.